The summed E-state index contributed by atoms with van der Waals surface area (Å²) in [6.07, 6.45) is 4.84. The van der Waals surface area contributed by atoms with Gasteiger partial charge in [-0.3, -0.25) is 9.59 Å². The molecule has 29 heavy (non-hydrogen) atoms. The van der Waals surface area contributed by atoms with Crippen molar-refractivity contribution < 1.29 is 14.3 Å². The molecule has 0 spiro atoms. The van der Waals surface area contributed by atoms with E-state index in [-0.39, 0.29) is 34.8 Å². The zero-order chi connectivity index (χ0) is 20.3. The number of nitrogens with zero attached hydrogens (tertiary/aromatic N) is 1. The van der Waals surface area contributed by atoms with Gasteiger partial charge in [0.15, 0.2) is 5.75 Å². The molecule has 154 valence electrons. The van der Waals surface area contributed by atoms with Gasteiger partial charge in [-0.05, 0) is 62.0 Å². The Hall–Kier alpha value is -2.80. The van der Waals surface area contributed by atoms with Gasteiger partial charge in [-0.1, -0.05) is 12.1 Å². The Balaban J connectivity index is 1.33. The molecule has 5 rings (SSSR count). The molecule has 0 radical (unpaired) electrons. The van der Waals surface area contributed by atoms with Gasteiger partial charge in [-0.15, -0.1) is 0 Å². The number of ether oxygens (including phenoxy) is 2. The predicted molar refractivity (Wildman–Crippen MR) is 109 cm³/mol. The Bertz CT molecular complexity index is 901. The summed E-state index contributed by atoms with van der Waals surface area (Å²) in [4.78, 5) is 30.2. The minimum absolute atomic E-state index is 0.190. The van der Waals surface area contributed by atoms with Gasteiger partial charge < -0.3 is 24.7 Å². The quantitative estimate of drug-likeness (QED) is 0.748. The third-order valence-electron chi connectivity index (χ3n) is 6.17. The number of hydrogen-bond acceptors (Lipinski definition) is 5. The Kier molecular flexibility index (Phi) is 5.58. The molecule has 3 saturated heterocycles. The van der Waals surface area contributed by atoms with E-state index in [2.05, 4.69) is 15.2 Å². The molecule has 3 fully saturated rings. The van der Waals surface area contributed by atoms with Crippen LogP contribution in [0, 0.1) is 5.41 Å². The Morgan fingerprint density at radius 3 is 2.48 bits per heavy atom. The molecule has 0 atom stereocenters. The van der Waals surface area contributed by atoms with Crippen molar-refractivity contribution in [3.63, 3.8) is 0 Å². The number of H-pyrrole nitrogens is 1. The van der Waals surface area contributed by atoms with Crippen molar-refractivity contribution >= 4 is 5.91 Å². The molecule has 3 aliphatic heterocycles. The van der Waals surface area contributed by atoms with Gasteiger partial charge in [0.2, 0.25) is 5.43 Å². The van der Waals surface area contributed by atoms with E-state index in [1.165, 1.54) is 12.3 Å². The third kappa shape index (κ3) is 4.45. The lowest BCUT2D eigenvalue weighted by Gasteiger charge is -2.48. The first-order chi connectivity index (χ1) is 14.1. The lowest BCUT2D eigenvalue weighted by Crippen LogP contribution is -2.52. The average molecular weight is 397 g/mol. The second-order valence-electron chi connectivity index (χ2n) is 7.99. The van der Waals surface area contributed by atoms with Gasteiger partial charge in [0, 0.05) is 18.8 Å². The molecular weight excluding hydrogens is 370 g/mol. The Morgan fingerprint density at radius 1 is 1.17 bits per heavy atom. The molecule has 3 aliphatic rings. The number of methoxy groups -OCH3 is 1. The number of piperidine rings is 3. The fourth-order valence-electron chi connectivity index (χ4n) is 4.11. The normalized spacial score (nSPS) is 22.9. The van der Waals surface area contributed by atoms with Crippen LogP contribution in [0.1, 0.15) is 35.3 Å². The molecule has 0 aliphatic carbocycles. The summed E-state index contributed by atoms with van der Waals surface area (Å²) in [5.41, 5.74) is 1.08. The summed E-state index contributed by atoms with van der Waals surface area (Å²) < 4.78 is 10.7. The smallest absolute Gasteiger partial charge is 0.267 e. The van der Waals surface area contributed by atoms with E-state index in [0.29, 0.717) is 6.54 Å². The molecule has 4 heterocycles. The first-order valence-electron chi connectivity index (χ1n) is 10.1. The maximum Gasteiger partial charge on any atom is 0.267 e. The summed E-state index contributed by atoms with van der Waals surface area (Å²) in [6.45, 7) is 4.28. The largest absolute Gasteiger partial charge is 0.497 e. The first-order valence-corrected chi connectivity index (χ1v) is 10.1. The lowest BCUT2D eigenvalue weighted by atomic mass is 9.72. The lowest BCUT2D eigenvalue weighted by molar-refractivity contribution is 0.0261. The fourth-order valence-corrected chi connectivity index (χ4v) is 4.11. The van der Waals surface area contributed by atoms with Crippen LogP contribution < -0.4 is 20.2 Å². The van der Waals surface area contributed by atoms with Gasteiger partial charge in [0.1, 0.15) is 18.1 Å². The Labute approximate surface area is 170 Å². The number of benzene rings is 1. The summed E-state index contributed by atoms with van der Waals surface area (Å²) in [5, 5.41) is 3.02. The third-order valence-corrected chi connectivity index (χ3v) is 6.17. The van der Waals surface area contributed by atoms with E-state index in [4.69, 9.17) is 9.47 Å². The summed E-state index contributed by atoms with van der Waals surface area (Å²) in [7, 11) is 1.61. The van der Waals surface area contributed by atoms with Crippen LogP contribution >= 0.6 is 0 Å². The maximum absolute atomic E-state index is 12.5. The van der Waals surface area contributed by atoms with E-state index in [0.717, 1.165) is 50.2 Å². The number of amides is 1. The highest BCUT2D eigenvalue weighted by molar-refractivity contribution is 5.92. The van der Waals surface area contributed by atoms with Gasteiger partial charge in [0.05, 0.1) is 7.11 Å². The number of fused-ring (bicyclic) bond motifs is 3. The van der Waals surface area contributed by atoms with Crippen molar-refractivity contribution in [1.82, 2.24) is 15.2 Å². The van der Waals surface area contributed by atoms with Crippen molar-refractivity contribution in [2.24, 2.45) is 5.41 Å². The highest BCUT2D eigenvalue weighted by Crippen LogP contribution is 2.39. The molecule has 1 amide bonds. The molecule has 2 N–H and O–H groups in total. The molecule has 7 nitrogen and oxygen atoms in total. The minimum atomic E-state index is -0.313. The Morgan fingerprint density at radius 2 is 1.86 bits per heavy atom. The first kappa shape index (κ1) is 19.5. The topological polar surface area (TPSA) is 83.7 Å². The summed E-state index contributed by atoms with van der Waals surface area (Å²) >= 11 is 0. The number of rotatable bonds is 7. The molecule has 0 saturated carbocycles. The van der Waals surface area contributed by atoms with E-state index >= 15 is 0 Å². The molecule has 1 aromatic heterocycles. The van der Waals surface area contributed by atoms with Gasteiger partial charge in [-0.25, -0.2) is 0 Å². The molecule has 2 aromatic rings. The van der Waals surface area contributed by atoms with Crippen molar-refractivity contribution in [2.75, 3.05) is 33.3 Å². The van der Waals surface area contributed by atoms with E-state index in [9.17, 15) is 9.59 Å². The van der Waals surface area contributed by atoms with Crippen molar-refractivity contribution in [3.05, 3.63) is 58.0 Å². The second-order valence-corrected chi connectivity index (χ2v) is 7.99. The van der Waals surface area contributed by atoms with Crippen LogP contribution in [-0.2, 0) is 6.61 Å². The van der Waals surface area contributed by atoms with E-state index in [1.54, 1.807) is 7.11 Å². The zero-order valence-electron chi connectivity index (χ0n) is 16.7. The summed E-state index contributed by atoms with van der Waals surface area (Å²) in [6, 6.07) is 8.74. The number of hydrogen-bond donors (Lipinski definition) is 2. The second kappa shape index (κ2) is 8.29. The highest BCUT2D eigenvalue weighted by atomic mass is 16.5. The fraction of sp³-hybridized carbons (Fsp3) is 0.455. The average Bonchev–Trinajstić information content (AvgIpc) is 2.78. The molecular formula is C22H27N3O4. The van der Waals surface area contributed by atoms with E-state index < -0.39 is 0 Å². The van der Waals surface area contributed by atoms with Gasteiger partial charge >= 0.3 is 0 Å². The number of pyridine rings is 1. The molecule has 7 heteroatoms. The highest BCUT2D eigenvalue weighted by Gasteiger charge is 2.39. The van der Waals surface area contributed by atoms with Crippen LogP contribution in [0.2, 0.25) is 0 Å². The van der Waals surface area contributed by atoms with E-state index in [1.807, 2.05) is 24.3 Å². The van der Waals surface area contributed by atoms with Crippen LogP contribution in [0.15, 0.2) is 41.3 Å². The molecule has 0 unspecified atom stereocenters. The van der Waals surface area contributed by atoms with Gasteiger partial charge in [0.25, 0.3) is 5.91 Å². The van der Waals surface area contributed by atoms with Crippen molar-refractivity contribution in [3.8, 4) is 11.5 Å². The van der Waals surface area contributed by atoms with Gasteiger partial charge in [-0.2, -0.15) is 0 Å². The standard InChI is InChI=1S/C22H27N3O4/c1-28-17-4-2-16(3-5-17)14-29-20-13-23-18(12-19(20)26)21(27)24-15-22-6-9-25(10-7-22)11-8-22/h2-5,12-13H,6-11,14-15H2,1H3,(H,23,26)(H,24,27). The van der Waals surface area contributed by atoms with Crippen LogP contribution in [-0.4, -0.2) is 49.1 Å². The van der Waals surface area contributed by atoms with Crippen LogP contribution in [0.25, 0.3) is 0 Å². The number of aromatic amines is 1. The number of carbonyl (C=O) groups is 1. The van der Waals surface area contributed by atoms with Crippen molar-refractivity contribution in [1.29, 1.82) is 0 Å². The zero-order valence-corrected chi connectivity index (χ0v) is 16.7. The van der Waals surface area contributed by atoms with Crippen molar-refractivity contribution in [2.45, 2.75) is 25.9 Å². The van der Waals surface area contributed by atoms with Crippen LogP contribution in [0.4, 0.5) is 0 Å². The maximum atomic E-state index is 12.5. The molecule has 1 aromatic carbocycles. The van der Waals surface area contributed by atoms with Crippen LogP contribution in [0.3, 0.4) is 0 Å². The number of carbonyl (C=O) groups excluding carboxylic acids is 1. The van der Waals surface area contributed by atoms with Crippen LogP contribution in [0.5, 0.6) is 11.5 Å². The number of aromatic nitrogens is 1. The minimum Gasteiger partial charge on any atom is -0.497 e. The summed E-state index contributed by atoms with van der Waals surface area (Å²) in [5.74, 6) is 0.710. The number of nitrogens with one attached hydrogen (secondary N) is 2. The predicted octanol–water partition coefficient (Wildman–Crippen LogP) is 2.18. The molecule has 2 bridgehead atoms. The SMILES string of the molecule is COc1ccc(COc2c[nH]c(C(=O)NCC34CCN(CC3)CC4)cc2=O)cc1. The monoisotopic (exact) mass is 397 g/mol.